The van der Waals surface area contributed by atoms with Crippen LogP contribution in [0.2, 0.25) is 0 Å². The zero-order chi connectivity index (χ0) is 18.7. The van der Waals surface area contributed by atoms with Gasteiger partial charge in [-0.3, -0.25) is 25.0 Å². The van der Waals surface area contributed by atoms with E-state index in [1.54, 1.807) is 18.2 Å². The number of fused-ring (bicyclic) bond motifs is 1. The fourth-order valence-corrected chi connectivity index (χ4v) is 2.25. The van der Waals surface area contributed by atoms with Crippen molar-refractivity contribution in [2.24, 2.45) is 0 Å². The van der Waals surface area contributed by atoms with Crippen molar-refractivity contribution in [1.82, 2.24) is 0 Å². The highest BCUT2D eigenvalue weighted by Crippen LogP contribution is 2.33. The van der Waals surface area contributed by atoms with Crippen molar-refractivity contribution in [3.05, 3.63) is 68.3 Å². The van der Waals surface area contributed by atoms with Gasteiger partial charge in [0, 0.05) is 12.1 Å². The second-order valence-corrected chi connectivity index (χ2v) is 5.15. The molecule has 3 rings (SSSR count). The van der Waals surface area contributed by atoms with Crippen molar-refractivity contribution in [3.8, 4) is 11.5 Å². The van der Waals surface area contributed by atoms with E-state index in [-0.39, 0.29) is 12.5 Å². The van der Waals surface area contributed by atoms with E-state index in [0.717, 1.165) is 18.2 Å². The first-order valence-corrected chi connectivity index (χ1v) is 7.25. The van der Waals surface area contributed by atoms with Gasteiger partial charge in [0.05, 0.1) is 15.9 Å². The number of amides is 1. The van der Waals surface area contributed by atoms with Crippen molar-refractivity contribution in [1.29, 1.82) is 0 Å². The van der Waals surface area contributed by atoms with Crippen LogP contribution in [0.4, 0.5) is 17.1 Å². The van der Waals surface area contributed by atoms with Gasteiger partial charge in [0.25, 0.3) is 11.4 Å². The molecular weight excluding hydrogens is 346 g/mol. The van der Waals surface area contributed by atoms with Crippen molar-refractivity contribution in [2.45, 2.75) is 0 Å². The lowest BCUT2D eigenvalue weighted by molar-refractivity contribution is -0.393. The topological polar surface area (TPSA) is 134 Å². The molecule has 0 bridgehead atoms. The summed E-state index contributed by atoms with van der Waals surface area (Å²) < 4.78 is 10.4. The third-order valence-electron chi connectivity index (χ3n) is 3.47. The Morgan fingerprint density at radius 3 is 2.54 bits per heavy atom. The first-order valence-electron chi connectivity index (χ1n) is 7.25. The third-order valence-corrected chi connectivity index (χ3v) is 3.47. The van der Waals surface area contributed by atoms with Gasteiger partial charge >= 0.3 is 0 Å². The van der Waals surface area contributed by atoms with E-state index >= 15 is 0 Å². The lowest BCUT2D eigenvalue weighted by atomic mass is 10.2. The summed E-state index contributed by atoms with van der Waals surface area (Å²) in [6, 6.07) is 8.07. The summed E-state index contributed by atoms with van der Waals surface area (Å²) in [6.45, 7) is 0.132. The van der Waals surface area contributed by atoms with Gasteiger partial charge in [-0.15, -0.1) is 0 Å². The minimum Gasteiger partial charge on any atom is -0.454 e. The standard InChI is InChI=1S/C16H11N3O7/c20-16(6-2-10-1-5-14-15(7-10)26-9-25-14)17-12-4-3-11(18(21)22)8-13(12)19(23)24/h1-8H,9H2,(H,17,20)/b6-2+. The fraction of sp³-hybridized carbons (Fsp3) is 0.0625. The lowest BCUT2D eigenvalue weighted by Gasteiger charge is -2.03. The van der Waals surface area contributed by atoms with Crippen LogP contribution >= 0.6 is 0 Å². The smallest absolute Gasteiger partial charge is 0.299 e. The van der Waals surface area contributed by atoms with E-state index in [1.807, 2.05) is 0 Å². The molecule has 0 saturated carbocycles. The molecule has 1 heterocycles. The SMILES string of the molecule is O=C(/C=C/c1ccc2c(c1)OCO2)Nc1ccc([N+](=O)[O-])cc1[N+](=O)[O-]. The Kier molecular flexibility index (Phi) is 4.48. The number of nitro benzene ring substituents is 2. The second-order valence-electron chi connectivity index (χ2n) is 5.15. The predicted octanol–water partition coefficient (Wildman–Crippen LogP) is 2.88. The minimum absolute atomic E-state index is 0.132. The summed E-state index contributed by atoms with van der Waals surface area (Å²) in [7, 11) is 0. The van der Waals surface area contributed by atoms with Crippen molar-refractivity contribution in [3.63, 3.8) is 0 Å². The van der Waals surface area contributed by atoms with Gasteiger partial charge in [-0.1, -0.05) is 6.07 Å². The highest BCUT2D eigenvalue weighted by molar-refractivity contribution is 6.03. The molecular formula is C16H11N3O7. The molecule has 2 aromatic rings. The van der Waals surface area contributed by atoms with Gasteiger partial charge in [0.1, 0.15) is 5.69 Å². The molecule has 1 amide bonds. The Bertz CT molecular complexity index is 939. The maximum absolute atomic E-state index is 12.0. The van der Waals surface area contributed by atoms with Crippen LogP contribution in [0.5, 0.6) is 11.5 Å². The molecule has 0 fully saturated rings. The number of nitrogens with zero attached hydrogens (tertiary/aromatic N) is 2. The Morgan fingerprint density at radius 1 is 1.04 bits per heavy atom. The van der Waals surface area contributed by atoms with Crippen LogP contribution in [-0.2, 0) is 4.79 Å². The summed E-state index contributed by atoms with van der Waals surface area (Å²) in [4.78, 5) is 32.2. The van der Waals surface area contributed by atoms with Gasteiger partial charge in [-0.05, 0) is 29.8 Å². The van der Waals surface area contributed by atoms with Crippen molar-refractivity contribution in [2.75, 3.05) is 12.1 Å². The van der Waals surface area contributed by atoms with Crippen LogP contribution in [0.1, 0.15) is 5.56 Å². The summed E-state index contributed by atoms with van der Waals surface area (Å²) in [5.74, 6) is 0.534. The van der Waals surface area contributed by atoms with Crippen LogP contribution in [0.25, 0.3) is 6.08 Å². The number of nitro groups is 2. The molecule has 1 aliphatic heterocycles. The average Bonchev–Trinajstić information content (AvgIpc) is 3.07. The molecule has 0 saturated heterocycles. The Balaban J connectivity index is 1.75. The first-order chi connectivity index (χ1) is 12.4. The van der Waals surface area contributed by atoms with E-state index < -0.39 is 27.1 Å². The number of anilines is 1. The van der Waals surface area contributed by atoms with Crippen LogP contribution in [0.3, 0.4) is 0 Å². The molecule has 10 heteroatoms. The molecule has 2 aromatic carbocycles. The van der Waals surface area contributed by atoms with Crippen LogP contribution < -0.4 is 14.8 Å². The maximum atomic E-state index is 12.0. The molecule has 0 aromatic heterocycles. The highest BCUT2D eigenvalue weighted by atomic mass is 16.7. The summed E-state index contributed by atoms with van der Waals surface area (Å²) in [5, 5.41) is 24.1. The Labute approximate surface area is 145 Å². The van der Waals surface area contributed by atoms with Gasteiger partial charge in [-0.25, -0.2) is 0 Å². The predicted molar refractivity (Wildman–Crippen MR) is 90.0 cm³/mol. The van der Waals surface area contributed by atoms with E-state index in [1.165, 1.54) is 12.2 Å². The third kappa shape index (κ3) is 3.59. The summed E-state index contributed by atoms with van der Waals surface area (Å²) in [5.41, 5.74) is -0.474. The van der Waals surface area contributed by atoms with Gasteiger partial charge in [-0.2, -0.15) is 0 Å². The maximum Gasteiger partial charge on any atom is 0.299 e. The van der Waals surface area contributed by atoms with E-state index in [2.05, 4.69) is 5.32 Å². The monoisotopic (exact) mass is 357 g/mol. The number of carbonyl (C=O) groups is 1. The zero-order valence-electron chi connectivity index (χ0n) is 13.1. The molecule has 26 heavy (non-hydrogen) atoms. The van der Waals surface area contributed by atoms with Gasteiger partial charge in [0.15, 0.2) is 11.5 Å². The molecule has 0 atom stereocenters. The van der Waals surface area contributed by atoms with E-state index in [4.69, 9.17) is 9.47 Å². The van der Waals surface area contributed by atoms with Crippen molar-refractivity contribution < 1.29 is 24.1 Å². The number of hydrogen-bond donors (Lipinski definition) is 1. The summed E-state index contributed by atoms with van der Waals surface area (Å²) in [6.07, 6.45) is 2.68. The molecule has 0 spiro atoms. The molecule has 10 nitrogen and oxygen atoms in total. The number of hydrogen-bond acceptors (Lipinski definition) is 7. The number of ether oxygens (including phenoxy) is 2. The van der Waals surface area contributed by atoms with Crippen LogP contribution in [-0.4, -0.2) is 22.5 Å². The van der Waals surface area contributed by atoms with E-state index in [0.29, 0.717) is 17.1 Å². The molecule has 0 aliphatic carbocycles. The first kappa shape index (κ1) is 16.9. The minimum atomic E-state index is -0.801. The number of rotatable bonds is 5. The Morgan fingerprint density at radius 2 is 1.81 bits per heavy atom. The van der Waals surface area contributed by atoms with Gasteiger partial charge in [0.2, 0.25) is 12.7 Å². The summed E-state index contributed by atoms with van der Waals surface area (Å²) >= 11 is 0. The van der Waals surface area contributed by atoms with Crippen LogP contribution in [0, 0.1) is 20.2 Å². The zero-order valence-corrected chi connectivity index (χ0v) is 13.1. The molecule has 0 unspecified atom stereocenters. The fourth-order valence-electron chi connectivity index (χ4n) is 2.25. The molecule has 1 aliphatic rings. The number of carbonyl (C=O) groups excluding carboxylic acids is 1. The molecule has 0 radical (unpaired) electrons. The second kappa shape index (κ2) is 6.89. The van der Waals surface area contributed by atoms with Crippen LogP contribution in [0.15, 0.2) is 42.5 Å². The number of benzene rings is 2. The molecule has 1 N–H and O–H groups in total. The van der Waals surface area contributed by atoms with E-state index in [9.17, 15) is 25.0 Å². The molecule has 132 valence electrons. The van der Waals surface area contributed by atoms with Crippen molar-refractivity contribution >= 4 is 29.0 Å². The Hall–Kier alpha value is -3.95. The highest BCUT2D eigenvalue weighted by Gasteiger charge is 2.20. The quantitative estimate of drug-likeness (QED) is 0.494. The largest absolute Gasteiger partial charge is 0.454 e. The average molecular weight is 357 g/mol. The lowest BCUT2D eigenvalue weighted by Crippen LogP contribution is -2.09. The van der Waals surface area contributed by atoms with Gasteiger partial charge < -0.3 is 14.8 Å². The number of non-ortho nitro benzene ring substituents is 1. The normalized spacial score (nSPS) is 12.2. The number of nitrogens with one attached hydrogen (secondary N) is 1.